The van der Waals surface area contributed by atoms with E-state index in [-0.39, 0.29) is 11.8 Å². The molecule has 0 aromatic carbocycles. The predicted octanol–water partition coefficient (Wildman–Crippen LogP) is 2.74. The summed E-state index contributed by atoms with van der Waals surface area (Å²) in [6, 6.07) is 2.22. The van der Waals surface area contributed by atoms with Gasteiger partial charge in [0.25, 0.3) is 0 Å². The molecule has 0 rings (SSSR count). The molecule has 0 amide bonds. The molecule has 4 heteroatoms. The first-order chi connectivity index (χ1) is 5.44. The van der Waals surface area contributed by atoms with Gasteiger partial charge < -0.3 is 4.52 Å². The lowest BCUT2D eigenvalue weighted by atomic mass is 10.4. The van der Waals surface area contributed by atoms with Crippen molar-refractivity contribution >= 4 is 18.1 Å². The van der Waals surface area contributed by atoms with E-state index in [1.54, 1.807) is 0 Å². The van der Waals surface area contributed by atoms with Gasteiger partial charge in [-0.05, 0) is 26.9 Å². The van der Waals surface area contributed by atoms with Gasteiger partial charge in [-0.2, -0.15) is 5.26 Å². The molecular formula is C8H16NOPS. The fourth-order valence-electron chi connectivity index (χ4n) is 1.02. The molecule has 0 N–H and O–H groups in total. The average molecular weight is 205 g/mol. The molecule has 0 radical (unpaired) electrons. The summed E-state index contributed by atoms with van der Waals surface area (Å²) >= 11 is 5.31. The number of nitriles is 1. The standard InChI is InChI=1S/C8H16NOPS/c1-5-8(6-9)11(4,12)10-7(2)3/h7-8H,5H2,1-4H3/t8-,11-/m1/s1. The highest BCUT2D eigenvalue weighted by Gasteiger charge is 2.23. The topological polar surface area (TPSA) is 33.0 Å². The summed E-state index contributed by atoms with van der Waals surface area (Å²) in [5, 5.41) is 8.81. The zero-order valence-electron chi connectivity index (χ0n) is 8.07. The van der Waals surface area contributed by atoms with E-state index in [1.165, 1.54) is 0 Å². The minimum absolute atomic E-state index is 0.0881. The highest BCUT2D eigenvalue weighted by atomic mass is 32.4. The summed E-state index contributed by atoms with van der Waals surface area (Å²) in [7, 11) is 0. The predicted molar refractivity (Wildman–Crippen MR) is 56.1 cm³/mol. The zero-order chi connectivity index (χ0) is 9.78. The van der Waals surface area contributed by atoms with Crippen molar-refractivity contribution in [1.82, 2.24) is 0 Å². The lowest BCUT2D eigenvalue weighted by Crippen LogP contribution is -2.10. The van der Waals surface area contributed by atoms with Crippen molar-refractivity contribution in [3.63, 3.8) is 0 Å². The van der Waals surface area contributed by atoms with Crippen molar-refractivity contribution < 1.29 is 4.52 Å². The van der Waals surface area contributed by atoms with Crippen LogP contribution in [-0.2, 0) is 16.3 Å². The molecule has 0 spiro atoms. The lowest BCUT2D eigenvalue weighted by Gasteiger charge is -2.23. The Kier molecular flexibility index (Phi) is 5.01. The lowest BCUT2D eigenvalue weighted by molar-refractivity contribution is 0.269. The third kappa shape index (κ3) is 3.67. The first kappa shape index (κ1) is 12.1. The van der Waals surface area contributed by atoms with Crippen LogP contribution in [0.4, 0.5) is 0 Å². The van der Waals surface area contributed by atoms with Crippen molar-refractivity contribution in [2.24, 2.45) is 0 Å². The molecule has 0 saturated carbocycles. The monoisotopic (exact) mass is 205 g/mol. The van der Waals surface area contributed by atoms with Gasteiger partial charge in [0.05, 0.1) is 24.1 Å². The third-order valence-electron chi connectivity index (χ3n) is 1.52. The Morgan fingerprint density at radius 2 is 2.08 bits per heavy atom. The van der Waals surface area contributed by atoms with Crippen LogP contribution in [0.2, 0.25) is 0 Å². The first-order valence-electron chi connectivity index (χ1n) is 4.09. The smallest absolute Gasteiger partial charge is 0.0971 e. The molecule has 0 saturated heterocycles. The third-order valence-corrected chi connectivity index (χ3v) is 5.00. The van der Waals surface area contributed by atoms with Gasteiger partial charge in [-0.3, -0.25) is 0 Å². The molecule has 12 heavy (non-hydrogen) atoms. The van der Waals surface area contributed by atoms with E-state index in [1.807, 2.05) is 27.4 Å². The Morgan fingerprint density at radius 1 is 1.58 bits per heavy atom. The van der Waals surface area contributed by atoms with Crippen molar-refractivity contribution in [2.75, 3.05) is 6.66 Å². The van der Waals surface area contributed by atoms with E-state index >= 15 is 0 Å². The van der Waals surface area contributed by atoms with Crippen LogP contribution in [0.1, 0.15) is 27.2 Å². The van der Waals surface area contributed by atoms with E-state index in [4.69, 9.17) is 21.6 Å². The Balaban J connectivity index is 4.39. The SMILES string of the molecule is CC[C@H](C#N)[P@@](C)(=S)OC(C)C. The number of hydrogen-bond donors (Lipinski definition) is 0. The van der Waals surface area contributed by atoms with E-state index in [0.717, 1.165) is 6.42 Å². The van der Waals surface area contributed by atoms with Crippen molar-refractivity contribution in [2.45, 2.75) is 39.0 Å². The molecule has 0 unspecified atom stereocenters. The minimum Gasteiger partial charge on any atom is -0.347 e. The Bertz CT molecular complexity index is 222. The molecule has 0 aliphatic rings. The van der Waals surface area contributed by atoms with E-state index in [2.05, 4.69) is 6.07 Å². The van der Waals surface area contributed by atoms with Crippen LogP contribution in [0.5, 0.6) is 0 Å². The van der Waals surface area contributed by atoms with Crippen LogP contribution in [0, 0.1) is 11.3 Å². The van der Waals surface area contributed by atoms with Crippen LogP contribution in [-0.4, -0.2) is 18.4 Å². The van der Waals surface area contributed by atoms with Gasteiger partial charge in [-0.15, -0.1) is 0 Å². The Hall–Kier alpha value is 0.100. The highest BCUT2D eigenvalue weighted by molar-refractivity contribution is 8.12. The second kappa shape index (κ2) is 4.97. The fraction of sp³-hybridized carbons (Fsp3) is 0.875. The maximum Gasteiger partial charge on any atom is 0.0971 e. The number of rotatable bonds is 4. The van der Waals surface area contributed by atoms with Crippen LogP contribution in [0.3, 0.4) is 0 Å². The zero-order valence-corrected chi connectivity index (χ0v) is 9.78. The van der Waals surface area contributed by atoms with Gasteiger partial charge in [0.2, 0.25) is 0 Å². The van der Waals surface area contributed by atoms with Gasteiger partial charge >= 0.3 is 0 Å². The van der Waals surface area contributed by atoms with Crippen LogP contribution >= 0.6 is 6.26 Å². The van der Waals surface area contributed by atoms with Gasteiger partial charge in [-0.25, -0.2) is 0 Å². The maximum absolute atomic E-state index is 8.81. The summed E-state index contributed by atoms with van der Waals surface area (Å²) in [5.41, 5.74) is -0.0881. The summed E-state index contributed by atoms with van der Waals surface area (Å²) < 4.78 is 5.59. The average Bonchev–Trinajstić information content (AvgIpc) is 1.85. The van der Waals surface area contributed by atoms with Crippen molar-refractivity contribution in [3.05, 3.63) is 0 Å². The van der Waals surface area contributed by atoms with Gasteiger partial charge in [0.15, 0.2) is 0 Å². The van der Waals surface area contributed by atoms with Crippen LogP contribution in [0.15, 0.2) is 0 Å². The summed E-state index contributed by atoms with van der Waals surface area (Å²) in [6.45, 7) is 7.78. The summed E-state index contributed by atoms with van der Waals surface area (Å²) in [4.78, 5) is 0. The van der Waals surface area contributed by atoms with E-state index in [9.17, 15) is 0 Å². The molecule has 70 valence electrons. The molecular weight excluding hydrogens is 189 g/mol. The Morgan fingerprint density at radius 3 is 2.33 bits per heavy atom. The quantitative estimate of drug-likeness (QED) is 0.661. The second-order valence-electron chi connectivity index (χ2n) is 3.12. The molecule has 2 atom stereocenters. The highest BCUT2D eigenvalue weighted by Crippen LogP contribution is 2.50. The van der Waals surface area contributed by atoms with Crippen molar-refractivity contribution in [1.29, 1.82) is 5.26 Å². The minimum atomic E-state index is -1.89. The molecule has 2 nitrogen and oxygen atoms in total. The molecule has 0 bridgehead atoms. The number of hydrogen-bond acceptors (Lipinski definition) is 3. The van der Waals surface area contributed by atoms with Gasteiger partial charge in [0, 0.05) is 0 Å². The van der Waals surface area contributed by atoms with E-state index < -0.39 is 6.26 Å². The maximum atomic E-state index is 8.81. The second-order valence-corrected chi connectivity index (χ2v) is 7.94. The van der Waals surface area contributed by atoms with Crippen molar-refractivity contribution in [3.8, 4) is 6.07 Å². The molecule has 0 aromatic heterocycles. The molecule has 0 fully saturated rings. The molecule has 0 aliphatic heterocycles. The van der Waals surface area contributed by atoms with Crippen LogP contribution < -0.4 is 0 Å². The fourth-order valence-corrected chi connectivity index (χ4v) is 3.98. The molecule has 0 aromatic rings. The van der Waals surface area contributed by atoms with Gasteiger partial charge in [-0.1, -0.05) is 18.7 Å². The molecule has 0 aliphatic carbocycles. The largest absolute Gasteiger partial charge is 0.347 e. The Labute approximate surface area is 80.0 Å². The normalized spacial score (nSPS) is 18.3. The summed E-state index contributed by atoms with van der Waals surface area (Å²) in [6.07, 6.45) is -0.970. The molecule has 0 heterocycles. The van der Waals surface area contributed by atoms with Crippen LogP contribution in [0.25, 0.3) is 0 Å². The van der Waals surface area contributed by atoms with E-state index in [0.29, 0.717) is 0 Å². The number of nitrogens with zero attached hydrogens (tertiary/aromatic N) is 1. The first-order valence-corrected chi connectivity index (χ1v) is 7.33. The van der Waals surface area contributed by atoms with Gasteiger partial charge in [0.1, 0.15) is 0 Å². The summed E-state index contributed by atoms with van der Waals surface area (Å²) in [5.74, 6) is 0.